The predicted octanol–water partition coefficient (Wildman–Crippen LogP) is 1.83. The topological polar surface area (TPSA) is 18.5 Å². The first-order valence-corrected chi connectivity index (χ1v) is 7.35. The maximum atomic E-state index is 5.34. The van der Waals surface area contributed by atoms with Gasteiger partial charge in [0, 0.05) is 38.8 Å². The Morgan fingerprint density at radius 2 is 1.88 bits per heavy atom. The predicted molar refractivity (Wildman–Crippen MR) is 76.3 cm³/mol. The van der Waals surface area contributed by atoms with E-state index in [2.05, 4.69) is 22.0 Å². The Kier molecular flexibility index (Phi) is 4.62. The fourth-order valence-electron chi connectivity index (χ4n) is 3.21. The molecule has 2 aliphatic rings. The summed E-state index contributed by atoms with van der Waals surface area (Å²) < 4.78 is 0. The van der Waals surface area contributed by atoms with Crippen LogP contribution in [0.1, 0.15) is 39.0 Å². The van der Waals surface area contributed by atoms with Crippen molar-refractivity contribution in [3.8, 4) is 0 Å². The average Bonchev–Trinajstić information content (AvgIpc) is 2.39. The van der Waals surface area contributed by atoms with Gasteiger partial charge < -0.3 is 10.2 Å². The van der Waals surface area contributed by atoms with Crippen molar-refractivity contribution in [2.24, 2.45) is 0 Å². The van der Waals surface area contributed by atoms with Crippen LogP contribution in [-0.2, 0) is 0 Å². The van der Waals surface area contributed by atoms with Crippen molar-refractivity contribution in [2.75, 3.05) is 26.7 Å². The van der Waals surface area contributed by atoms with E-state index in [1.54, 1.807) is 0 Å². The lowest BCUT2D eigenvalue weighted by Crippen LogP contribution is -2.58. The van der Waals surface area contributed by atoms with Gasteiger partial charge in [-0.3, -0.25) is 4.90 Å². The number of thiocarbonyl (C=S) groups is 1. The third-order valence-corrected chi connectivity index (χ3v) is 4.66. The van der Waals surface area contributed by atoms with Crippen LogP contribution in [0.25, 0.3) is 0 Å². The zero-order chi connectivity index (χ0) is 12.3. The summed E-state index contributed by atoms with van der Waals surface area (Å²) in [6, 6.07) is 1.39. The fraction of sp³-hybridized carbons (Fsp3) is 0.923. The van der Waals surface area contributed by atoms with Crippen LogP contribution < -0.4 is 5.32 Å². The van der Waals surface area contributed by atoms with Crippen LogP contribution in [-0.4, -0.2) is 53.7 Å². The van der Waals surface area contributed by atoms with Gasteiger partial charge in [-0.15, -0.1) is 0 Å². The molecule has 1 saturated carbocycles. The van der Waals surface area contributed by atoms with Crippen molar-refractivity contribution in [3.63, 3.8) is 0 Å². The van der Waals surface area contributed by atoms with Gasteiger partial charge in [-0.2, -0.15) is 0 Å². The van der Waals surface area contributed by atoms with Crippen LogP contribution in [0.15, 0.2) is 0 Å². The molecular weight excluding hydrogens is 230 g/mol. The van der Waals surface area contributed by atoms with Gasteiger partial charge in [0.25, 0.3) is 0 Å². The van der Waals surface area contributed by atoms with Gasteiger partial charge >= 0.3 is 0 Å². The SMILES string of the molecule is CNC(=S)N1CCN(C2CCCCC2)CC1C. The second kappa shape index (κ2) is 6.01. The van der Waals surface area contributed by atoms with E-state index in [9.17, 15) is 0 Å². The first-order chi connectivity index (χ1) is 8.22. The van der Waals surface area contributed by atoms with Crippen molar-refractivity contribution in [1.29, 1.82) is 0 Å². The Morgan fingerprint density at radius 1 is 1.18 bits per heavy atom. The van der Waals surface area contributed by atoms with Crippen LogP contribution in [0, 0.1) is 0 Å². The van der Waals surface area contributed by atoms with E-state index < -0.39 is 0 Å². The largest absolute Gasteiger partial charge is 0.366 e. The van der Waals surface area contributed by atoms with E-state index in [1.807, 2.05) is 7.05 Å². The summed E-state index contributed by atoms with van der Waals surface area (Å²) in [5, 5.41) is 4.00. The highest BCUT2D eigenvalue weighted by Crippen LogP contribution is 2.24. The molecule has 0 bridgehead atoms. The molecule has 0 spiro atoms. The molecule has 0 aromatic rings. The number of nitrogens with one attached hydrogen (secondary N) is 1. The summed E-state index contributed by atoms with van der Waals surface area (Å²) in [7, 11) is 1.92. The standard InChI is InChI=1S/C13H25N3S/c1-11-10-15(12-6-4-3-5-7-12)8-9-16(11)13(17)14-2/h11-12H,3-10H2,1-2H3,(H,14,17). The van der Waals surface area contributed by atoms with Gasteiger partial charge in [0.05, 0.1) is 0 Å². The minimum absolute atomic E-state index is 0.547. The molecule has 1 heterocycles. The maximum absolute atomic E-state index is 5.34. The molecule has 0 radical (unpaired) electrons. The molecule has 0 amide bonds. The highest BCUT2D eigenvalue weighted by Gasteiger charge is 2.29. The van der Waals surface area contributed by atoms with Crippen LogP contribution in [0.5, 0.6) is 0 Å². The smallest absolute Gasteiger partial charge is 0.169 e. The molecule has 98 valence electrons. The Bertz CT molecular complexity index is 263. The maximum Gasteiger partial charge on any atom is 0.169 e. The molecule has 1 aliphatic heterocycles. The van der Waals surface area contributed by atoms with E-state index in [1.165, 1.54) is 45.2 Å². The minimum atomic E-state index is 0.547. The summed E-state index contributed by atoms with van der Waals surface area (Å²) in [5.74, 6) is 0. The monoisotopic (exact) mass is 255 g/mol. The Morgan fingerprint density at radius 3 is 2.47 bits per heavy atom. The summed E-state index contributed by atoms with van der Waals surface area (Å²) >= 11 is 5.34. The summed E-state index contributed by atoms with van der Waals surface area (Å²) in [4.78, 5) is 5.02. The van der Waals surface area contributed by atoms with Crippen LogP contribution >= 0.6 is 12.2 Å². The second-order valence-electron chi connectivity index (χ2n) is 5.38. The lowest BCUT2D eigenvalue weighted by Gasteiger charge is -2.45. The van der Waals surface area contributed by atoms with Crippen LogP contribution in [0.3, 0.4) is 0 Å². The van der Waals surface area contributed by atoms with E-state index in [-0.39, 0.29) is 0 Å². The first kappa shape index (κ1) is 13.1. The number of hydrogen-bond acceptors (Lipinski definition) is 2. The molecule has 1 saturated heterocycles. The van der Waals surface area contributed by atoms with Crippen molar-refractivity contribution in [2.45, 2.75) is 51.1 Å². The lowest BCUT2D eigenvalue weighted by atomic mass is 9.93. The quantitative estimate of drug-likeness (QED) is 0.720. The molecule has 2 rings (SSSR count). The molecule has 17 heavy (non-hydrogen) atoms. The van der Waals surface area contributed by atoms with Gasteiger partial charge in [0.2, 0.25) is 0 Å². The number of hydrogen-bond donors (Lipinski definition) is 1. The summed E-state index contributed by atoms with van der Waals surface area (Å²) in [6.45, 7) is 5.72. The molecule has 1 aliphatic carbocycles. The van der Waals surface area contributed by atoms with E-state index in [4.69, 9.17) is 12.2 Å². The molecular formula is C13H25N3S. The van der Waals surface area contributed by atoms with Crippen molar-refractivity contribution >= 4 is 17.3 Å². The molecule has 0 aromatic carbocycles. The minimum Gasteiger partial charge on any atom is -0.366 e. The summed E-state index contributed by atoms with van der Waals surface area (Å²) in [6.07, 6.45) is 7.10. The molecule has 1 N–H and O–H groups in total. The first-order valence-electron chi connectivity index (χ1n) is 6.94. The molecule has 1 unspecified atom stereocenters. The van der Waals surface area contributed by atoms with Gasteiger partial charge in [0.15, 0.2) is 5.11 Å². The van der Waals surface area contributed by atoms with Crippen molar-refractivity contribution in [1.82, 2.24) is 15.1 Å². The Labute approximate surface area is 111 Å². The number of rotatable bonds is 1. The van der Waals surface area contributed by atoms with Crippen molar-refractivity contribution in [3.05, 3.63) is 0 Å². The van der Waals surface area contributed by atoms with Gasteiger partial charge in [-0.1, -0.05) is 19.3 Å². The number of nitrogens with zero attached hydrogens (tertiary/aromatic N) is 2. The Balaban J connectivity index is 1.87. The molecule has 1 atom stereocenters. The second-order valence-corrected chi connectivity index (χ2v) is 5.77. The Hall–Kier alpha value is -0.350. The fourth-order valence-corrected chi connectivity index (χ4v) is 3.48. The van der Waals surface area contributed by atoms with Gasteiger partial charge in [0.1, 0.15) is 0 Å². The van der Waals surface area contributed by atoms with E-state index in [0.29, 0.717) is 6.04 Å². The van der Waals surface area contributed by atoms with Crippen LogP contribution in [0.2, 0.25) is 0 Å². The number of piperazine rings is 1. The normalized spacial score (nSPS) is 28.1. The third-order valence-electron chi connectivity index (χ3n) is 4.22. The molecule has 0 aromatic heterocycles. The van der Waals surface area contributed by atoms with Gasteiger partial charge in [-0.05, 0) is 32.0 Å². The zero-order valence-electron chi connectivity index (χ0n) is 11.1. The van der Waals surface area contributed by atoms with E-state index in [0.717, 1.165) is 17.7 Å². The van der Waals surface area contributed by atoms with Crippen LogP contribution in [0.4, 0.5) is 0 Å². The molecule has 3 nitrogen and oxygen atoms in total. The molecule has 2 fully saturated rings. The average molecular weight is 255 g/mol. The highest BCUT2D eigenvalue weighted by molar-refractivity contribution is 7.80. The molecule has 4 heteroatoms. The lowest BCUT2D eigenvalue weighted by molar-refractivity contribution is 0.0773. The van der Waals surface area contributed by atoms with Crippen molar-refractivity contribution < 1.29 is 0 Å². The van der Waals surface area contributed by atoms with E-state index >= 15 is 0 Å². The third kappa shape index (κ3) is 3.10. The van der Waals surface area contributed by atoms with Gasteiger partial charge in [-0.25, -0.2) is 0 Å². The summed E-state index contributed by atoms with van der Waals surface area (Å²) in [5.41, 5.74) is 0. The highest BCUT2D eigenvalue weighted by atomic mass is 32.1. The zero-order valence-corrected chi connectivity index (χ0v) is 11.9.